The molecule has 0 radical (unpaired) electrons. The summed E-state index contributed by atoms with van der Waals surface area (Å²) in [6.45, 7) is 2.02. The fourth-order valence-electron chi connectivity index (χ4n) is 1.80. The predicted octanol–water partition coefficient (Wildman–Crippen LogP) is 1.54. The summed E-state index contributed by atoms with van der Waals surface area (Å²) < 4.78 is 0. The van der Waals surface area contributed by atoms with Crippen LogP contribution in [0.4, 0.5) is 0 Å². The molecule has 0 saturated heterocycles. The van der Waals surface area contributed by atoms with Gasteiger partial charge in [0.1, 0.15) is 12.0 Å². The van der Waals surface area contributed by atoms with Gasteiger partial charge in [-0.15, -0.1) is 0 Å². The number of carboxylic acid groups (broad SMARTS) is 1. The monoisotopic (exact) mass is 219 g/mol. The second-order valence-electron chi connectivity index (χ2n) is 3.61. The van der Waals surface area contributed by atoms with Crippen LogP contribution in [-0.2, 0) is 17.6 Å². The average Bonchev–Trinajstić information content (AvgIpc) is 2.69. The molecule has 0 saturated carbocycles. The third-order valence-electron chi connectivity index (χ3n) is 2.57. The van der Waals surface area contributed by atoms with Crippen molar-refractivity contribution >= 4 is 17.0 Å². The number of fused-ring (bicyclic) bond motifs is 1. The maximum absolute atomic E-state index is 10.5. The van der Waals surface area contributed by atoms with Crippen LogP contribution < -0.4 is 0 Å². The molecule has 2 aromatic heterocycles. The van der Waals surface area contributed by atoms with E-state index < -0.39 is 5.97 Å². The Morgan fingerprint density at radius 3 is 3.00 bits per heavy atom. The molecule has 0 fully saturated rings. The van der Waals surface area contributed by atoms with Crippen LogP contribution in [0.15, 0.2) is 12.5 Å². The number of aryl methyl sites for hydroxylation is 2. The first kappa shape index (κ1) is 10.6. The van der Waals surface area contributed by atoms with Gasteiger partial charge in [0.05, 0.1) is 5.69 Å². The number of nitrogens with zero attached hydrogens (tertiary/aromatic N) is 2. The van der Waals surface area contributed by atoms with E-state index in [9.17, 15) is 4.79 Å². The average molecular weight is 219 g/mol. The van der Waals surface area contributed by atoms with Crippen LogP contribution in [0.2, 0.25) is 0 Å². The summed E-state index contributed by atoms with van der Waals surface area (Å²) >= 11 is 0. The van der Waals surface area contributed by atoms with Crippen LogP contribution >= 0.6 is 0 Å². The van der Waals surface area contributed by atoms with Crippen LogP contribution in [0.5, 0.6) is 0 Å². The van der Waals surface area contributed by atoms with Gasteiger partial charge in [-0.1, -0.05) is 6.92 Å². The van der Waals surface area contributed by atoms with Gasteiger partial charge in [-0.05, 0) is 18.4 Å². The molecular weight excluding hydrogens is 206 g/mol. The van der Waals surface area contributed by atoms with Gasteiger partial charge in [0, 0.05) is 18.0 Å². The molecule has 0 bridgehead atoms. The summed E-state index contributed by atoms with van der Waals surface area (Å²) in [7, 11) is 0. The lowest BCUT2D eigenvalue weighted by molar-refractivity contribution is -0.136. The summed E-state index contributed by atoms with van der Waals surface area (Å²) in [4.78, 5) is 21.9. The Labute approximate surface area is 92.5 Å². The molecule has 0 aliphatic carbocycles. The Kier molecular flexibility index (Phi) is 2.85. The van der Waals surface area contributed by atoms with E-state index in [1.54, 1.807) is 0 Å². The molecular formula is C11H13N3O2. The smallest absolute Gasteiger partial charge is 0.303 e. The standard InChI is InChI=1S/C11H13N3O2/c1-2-8-10-7(3-4-9(15)16)5-12-11(10)14-6-13-8/h5-6H,2-4H2,1H3,(H,15,16)(H,12,13,14). The lowest BCUT2D eigenvalue weighted by atomic mass is 10.1. The number of aromatic amines is 1. The molecule has 84 valence electrons. The Morgan fingerprint density at radius 2 is 2.31 bits per heavy atom. The van der Waals surface area contributed by atoms with Gasteiger partial charge >= 0.3 is 5.97 Å². The molecule has 0 amide bonds. The highest BCUT2D eigenvalue weighted by Gasteiger charge is 2.10. The zero-order valence-corrected chi connectivity index (χ0v) is 9.03. The molecule has 5 nitrogen and oxygen atoms in total. The first-order valence-electron chi connectivity index (χ1n) is 5.24. The first-order valence-corrected chi connectivity index (χ1v) is 5.24. The molecule has 0 unspecified atom stereocenters. The number of hydrogen-bond acceptors (Lipinski definition) is 3. The van der Waals surface area contributed by atoms with E-state index in [-0.39, 0.29) is 6.42 Å². The molecule has 2 rings (SSSR count). The number of aromatic nitrogens is 3. The van der Waals surface area contributed by atoms with Gasteiger partial charge in [0.25, 0.3) is 0 Å². The second-order valence-corrected chi connectivity index (χ2v) is 3.61. The molecule has 0 aromatic carbocycles. The van der Waals surface area contributed by atoms with Gasteiger partial charge in [0.15, 0.2) is 0 Å². The zero-order chi connectivity index (χ0) is 11.5. The van der Waals surface area contributed by atoms with Gasteiger partial charge in [0.2, 0.25) is 0 Å². The Balaban J connectivity index is 2.41. The lowest BCUT2D eigenvalue weighted by Gasteiger charge is -2.00. The van der Waals surface area contributed by atoms with Crippen molar-refractivity contribution in [2.75, 3.05) is 0 Å². The number of rotatable bonds is 4. The summed E-state index contributed by atoms with van der Waals surface area (Å²) in [6, 6.07) is 0. The molecule has 0 atom stereocenters. The van der Waals surface area contributed by atoms with Crippen LogP contribution in [0.25, 0.3) is 11.0 Å². The lowest BCUT2D eigenvalue weighted by Crippen LogP contribution is -1.98. The molecule has 2 aromatic rings. The third-order valence-corrected chi connectivity index (χ3v) is 2.57. The largest absolute Gasteiger partial charge is 0.481 e. The number of H-pyrrole nitrogens is 1. The van der Waals surface area contributed by atoms with Gasteiger partial charge in [-0.2, -0.15) is 0 Å². The molecule has 16 heavy (non-hydrogen) atoms. The minimum Gasteiger partial charge on any atom is -0.481 e. The van der Waals surface area contributed by atoms with Crippen molar-refractivity contribution in [1.82, 2.24) is 15.0 Å². The number of aliphatic carboxylic acids is 1. The normalized spacial score (nSPS) is 10.8. The maximum Gasteiger partial charge on any atom is 0.303 e. The molecule has 0 spiro atoms. The minimum atomic E-state index is -0.788. The van der Waals surface area contributed by atoms with Crippen molar-refractivity contribution in [3.05, 3.63) is 23.8 Å². The van der Waals surface area contributed by atoms with Crippen LogP contribution in [-0.4, -0.2) is 26.0 Å². The second kappa shape index (κ2) is 4.30. The minimum absolute atomic E-state index is 0.130. The Hall–Kier alpha value is -1.91. The van der Waals surface area contributed by atoms with Crippen molar-refractivity contribution in [1.29, 1.82) is 0 Å². The molecule has 2 heterocycles. The third kappa shape index (κ3) is 1.88. The van der Waals surface area contributed by atoms with E-state index >= 15 is 0 Å². The van der Waals surface area contributed by atoms with Gasteiger partial charge < -0.3 is 10.1 Å². The SMILES string of the molecule is CCc1ncnc2[nH]cc(CCC(=O)O)c12. The number of nitrogens with one attached hydrogen (secondary N) is 1. The van der Waals surface area contributed by atoms with Gasteiger partial charge in [-0.25, -0.2) is 9.97 Å². The van der Waals surface area contributed by atoms with E-state index in [0.717, 1.165) is 28.7 Å². The van der Waals surface area contributed by atoms with E-state index in [1.807, 2.05) is 13.1 Å². The quantitative estimate of drug-likeness (QED) is 0.817. The van der Waals surface area contributed by atoms with Crippen molar-refractivity contribution in [2.45, 2.75) is 26.2 Å². The van der Waals surface area contributed by atoms with E-state index in [1.165, 1.54) is 6.33 Å². The van der Waals surface area contributed by atoms with Crippen molar-refractivity contribution in [3.63, 3.8) is 0 Å². The van der Waals surface area contributed by atoms with Crippen LogP contribution in [0, 0.1) is 0 Å². The zero-order valence-electron chi connectivity index (χ0n) is 9.03. The highest BCUT2D eigenvalue weighted by Crippen LogP contribution is 2.20. The number of hydrogen-bond donors (Lipinski definition) is 2. The molecule has 0 aliphatic rings. The molecule has 2 N–H and O–H groups in total. The summed E-state index contributed by atoms with van der Waals surface area (Å²) in [5, 5.41) is 9.65. The topological polar surface area (TPSA) is 78.9 Å². The summed E-state index contributed by atoms with van der Waals surface area (Å²) in [6.07, 6.45) is 4.80. The van der Waals surface area contributed by atoms with Crippen molar-refractivity contribution < 1.29 is 9.90 Å². The number of carbonyl (C=O) groups is 1. The Morgan fingerprint density at radius 1 is 1.50 bits per heavy atom. The van der Waals surface area contributed by atoms with Crippen molar-refractivity contribution in [3.8, 4) is 0 Å². The fourth-order valence-corrected chi connectivity index (χ4v) is 1.80. The van der Waals surface area contributed by atoms with E-state index in [2.05, 4.69) is 15.0 Å². The van der Waals surface area contributed by atoms with Crippen LogP contribution in [0.3, 0.4) is 0 Å². The molecule has 5 heteroatoms. The number of carboxylic acids is 1. The van der Waals surface area contributed by atoms with Crippen LogP contribution in [0.1, 0.15) is 24.6 Å². The van der Waals surface area contributed by atoms with Crippen molar-refractivity contribution in [2.24, 2.45) is 0 Å². The summed E-state index contributed by atoms with van der Waals surface area (Å²) in [5.41, 5.74) is 2.73. The van der Waals surface area contributed by atoms with E-state index in [0.29, 0.717) is 6.42 Å². The highest BCUT2D eigenvalue weighted by molar-refractivity contribution is 5.82. The van der Waals surface area contributed by atoms with Gasteiger partial charge in [-0.3, -0.25) is 4.79 Å². The Bertz CT molecular complexity index is 519. The first-order chi connectivity index (χ1) is 7.72. The highest BCUT2D eigenvalue weighted by atomic mass is 16.4. The molecule has 0 aliphatic heterocycles. The predicted molar refractivity (Wildman–Crippen MR) is 59.2 cm³/mol. The van der Waals surface area contributed by atoms with E-state index in [4.69, 9.17) is 5.11 Å². The summed E-state index contributed by atoms with van der Waals surface area (Å²) in [5.74, 6) is -0.788. The fraction of sp³-hybridized carbons (Fsp3) is 0.364. The maximum atomic E-state index is 10.5.